The molecule has 1 atom stereocenters. The van der Waals surface area contributed by atoms with Crippen LogP contribution in [0.5, 0.6) is 0 Å². The molecule has 1 saturated heterocycles. The van der Waals surface area contributed by atoms with Gasteiger partial charge >= 0.3 is 5.97 Å². The van der Waals surface area contributed by atoms with Gasteiger partial charge in [-0.2, -0.15) is 0 Å². The molecule has 1 aromatic rings. The molecule has 4 heteroatoms. The molecule has 92 valence electrons. The second-order valence-corrected chi connectivity index (χ2v) is 4.57. The quantitative estimate of drug-likeness (QED) is 0.857. The second kappa shape index (κ2) is 4.47. The summed E-state index contributed by atoms with van der Waals surface area (Å²) < 4.78 is 11.2. The summed E-state index contributed by atoms with van der Waals surface area (Å²) in [5.41, 5.74) is 1.18. The summed E-state index contributed by atoms with van der Waals surface area (Å²) in [7, 11) is 0. The van der Waals surface area contributed by atoms with Gasteiger partial charge in [0.05, 0.1) is 18.3 Å². The highest BCUT2D eigenvalue weighted by atomic mass is 16.7. The van der Waals surface area contributed by atoms with Crippen LogP contribution in [0.1, 0.15) is 42.3 Å². The first-order valence-electron chi connectivity index (χ1n) is 5.63. The van der Waals surface area contributed by atoms with E-state index in [0.717, 1.165) is 12.0 Å². The third kappa shape index (κ3) is 2.84. The summed E-state index contributed by atoms with van der Waals surface area (Å²) in [4.78, 5) is 10.9. The highest BCUT2D eigenvalue weighted by Gasteiger charge is 2.30. The summed E-state index contributed by atoms with van der Waals surface area (Å²) in [6, 6.07) is 6.87. The number of rotatable bonds is 2. The molecule has 1 unspecified atom stereocenters. The zero-order chi connectivity index (χ0) is 12.5. The zero-order valence-corrected chi connectivity index (χ0v) is 9.97. The summed E-state index contributed by atoms with van der Waals surface area (Å²) >= 11 is 0. The van der Waals surface area contributed by atoms with Gasteiger partial charge in [-0.05, 0) is 31.5 Å². The molecule has 0 aromatic heterocycles. The van der Waals surface area contributed by atoms with E-state index >= 15 is 0 Å². The lowest BCUT2D eigenvalue weighted by atomic mass is 10.0. The lowest BCUT2D eigenvalue weighted by Crippen LogP contribution is -2.36. The van der Waals surface area contributed by atoms with E-state index in [9.17, 15) is 4.79 Å². The molecule has 1 aliphatic rings. The minimum absolute atomic E-state index is 0.0990. The molecule has 0 radical (unpaired) electrons. The fourth-order valence-corrected chi connectivity index (χ4v) is 1.95. The van der Waals surface area contributed by atoms with Crippen molar-refractivity contribution >= 4 is 5.97 Å². The van der Waals surface area contributed by atoms with Crippen molar-refractivity contribution in [2.75, 3.05) is 6.61 Å². The van der Waals surface area contributed by atoms with E-state index in [1.807, 2.05) is 19.9 Å². The predicted octanol–water partition coefficient (Wildman–Crippen LogP) is 2.60. The molecule has 0 aliphatic carbocycles. The van der Waals surface area contributed by atoms with Gasteiger partial charge < -0.3 is 14.6 Å². The molecule has 2 rings (SSSR count). The van der Waals surface area contributed by atoms with Crippen LogP contribution in [-0.2, 0) is 9.47 Å². The van der Waals surface area contributed by atoms with E-state index < -0.39 is 11.8 Å². The Hall–Kier alpha value is -1.39. The van der Waals surface area contributed by atoms with Crippen molar-refractivity contribution in [3.8, 4) is 0 Å². The highest BCUT2D eigenvalue weighted by Crippen LogP contribution is 2.32. The molecular formula is C13H16O4. The van der Waals surface area contributed by atoms with Crippen LogP contribution >= 0.6 is 0 Å². The molecule has 0 saturated carbocycles. The largest absolute Gasteiger partial charge is 0.478 e. The molecule has 1 N–H and O–H groups in total. The second-order valence-electron chi connectivity index (χ2n) is 4.57. The fraction of sp³-hybridized carbons (Fsp3) is 0.462. The van der Waals surface area contributed by atoms with Crippen molar-refractivity contribution in [1.82, 2.24) is 0 Å². The molecule has 0 spiro atoms. The summed E-state index contributed by atoms with van der Waals surface area (Å²) in [5, 5.41) is 8.94. The maximum atomic E-state index is 10.9. The van der Waals surface area contributed by atoms with E-state index in [2.05, 4.69) is 0 Å². The van der Waals surface area contributed by atoms with Crippen molar-refractivity contribution in [2.45, 2.75) is 32.2 Å². The number of carboxylic acids is 1. The Balaban J connectivity index is 2.22. The lowest BCUT2D eigenvalue weighted by Gasteiger charge is -2.36. The maximum absolute atomic E-state index is 10.9. The molecule has 17 heavy (non-hydrogen) atoms. The van der Waals surface area contributed by atoms with Gasteiger partial charge in [0.15, 0.2) is 5.79 Å². The van der Waals surface area contributed by atoms with Crippen LogP contribution < -0.4 is 0 Å². The monoisotopic (exact) mass is 236 g/mol. The van der Waals surface area contributed by atoms with Gasteiger partial charge in [-0.3, -0.25) is 0 Å². The molecule has 1 fully saturated rings. The molecule has 0 amide bonds. The smallest absolute Gasteiger partial charge is 0.335 e. The van der Waals surface area contributed by atoms with Crippen LogP contribution in [0.4, 0.5) is 0 Å². The number of benzene rings is 1. The van der Waals surface area contributed by atoms with Crippen molar-refractivity contribution in [3.05, 3.63) is 35.4 Å². The molecule has 1 aromatic carbocycles. The SMILES string of the molecule is CC1(C)OCCC(c2cccc(C(=O)O)c2)O1. The summed E-state index contributed by atoms with van der Waals surface area (Å²) in [6.45, 7) is 4.34. The van der Waals surface area contributed by atoms with Gasteiger partial charge in [0.1, 0.15) is 0 Å². The van der Waals surface area contributed by atoms with Crippen LogP contribution in [0.2, 0.25) is 0 Å². The third-order valence-electron chi connectivity index (χ3n) is 2.76. The molecule has 1 heterocycles. The molecule has 1 aliphatic heterocycles. The van der Waals surface area contributed by atoms with E-state index in [1.54, 1.807) is 18.2 Å². The summed E-state index contributed by atoms with van der Waals surface area (Å²) in [6.07, 6.45) is 0.644. The van der Waals surface area contributed by atoms with Crippen LogP contribution in [0, 0.1) is 0 Å². The molecule has 4 nitrogen and oxygen atoms in total. The Labute approximate surface area is 100 Å². The van der Waals surface area contributed by atoms with E-state index in [4.69, 9.17) is 14.6 Å². The maximum Gasteiger partial charge on any atom is 0.335 e. The standard InChI is InChI=1S/C13H16O4/c1-13(2)16-7-6-11(17-13)9-4-3-5-10(8-9)12(14)15/h3-5,8,11H,6-7H2,1-2H3,(H,14,15). The number of aromatic carboxylic acids is 1. The van der Waals surface area contributed by atoms with Gasteiger partial charge in [-0.1, -0.05) is 12.1 Å². The number of ether oxygens (including phenoxy) is 2. The van der Waals surface area contributed by atoms with Crippen molar-refractivity contribution in [2.24, 2.45) is 0 Å². The Morgan fingerprint density at radius 1 is 1.47 bits per heavy atom. The highest BCUT2D eigenvalue weighted by molar-refractivity contribution is 5.87. The van der Waals surface area contributed by atoms with Gasteiger partial charge in [-0.25, -0.2) is 4.79 Å². The van der Waals surface area contributed by atoms with E-state index in [1.165, 1.54) is 0 Å². The third-order valence-corrected chi connectivity index (χ3v) is 2.76. The minimum Gasteiger partial charge on any atom is -0.478 e. The van der Waals surface area contributed by atoms with E-state index in [0.29, 0.717) is 6.61 Å². The predicted molar refractivity (Wildman–Crippen MR) is 61.9 cm³/mol. The van der Waals surface area contributed by atoms with Gasteiger partial charge in [-0.15, -0.1) is 0 Å². The topological polar surface area (TPSA) is 55.8 Å². The normalized spacial score (nSPS) is 23.3. The van der Waals surface area contributed by atoms with Crippen molar-refractivity contribution < 1.29 is 19.4 Å². The first kappa shape index (κ1) is 12.1. The number of carbonyl (C=O) groups is 1. The Morgan fingerprint density at radius 3 is 2.88 bits per heavy atom. The van der Waals surface area contributed by atoms with Crippen LogP contribution in [0.15, 0.2) is 24.3 Å². The number of hydrogen-bond donors (Lipinski definition) is 1. The molecular weight excluding hydrogens is 220 g/mol. The minimum atomic E-state index is -0.918. The van der Waals surface area contributed by atoms with Crippen LogP contribution in [-0.4, -0.2) is 23.5 Å². The first-order chi connectivity index (χ1) is 7.98. The molecule has 0 bridgehead atoms. The van der Waals surface area contributed by atoms with Crippen LogP contribution in [0.25, 0.3) is 0 Å². The van der Waals surface area contributed by atoms with Crippen molar-refractivity contribution in [1.29, 1.82) is 0 Å². The fourth-order valence-electron chi connectivity index (χ4n) is 1.95. The number of hydrogen-bond acceptors (Lipinski definition) is 3. The van der Waals surface area contributed by atoms with Gasteiger partial charge in [0.25, 0.3) is 0 Å². The van der Waals surface area contributed by atoms with Gasteiger partial charge in [0, 0.05) is 6.42 Å². The average Bonchev–Trinajstić information content (AvgIpc) is 2.28. The lowest BCUT2D eigenvalue weighted by molar-refractivity contribution is -0.275. The average molecular weight is 236 g/mol. The van der Waals surface area contributed by atoms with Gasteiger partial charge in [0.2, 0.25) is 0 Å². The van der Waals surface area contributed by atoms with Crippen molar-refractivity contribution in [3.63, 3.8) is 0 Å². The number of carboxylic acid groups (broad SMARTS) is 1. The Kier molecular flexibility index (Phi) is 3.17. The summed E-state index contributed by atoms with van der Waals surface area (Å²) in [5.74, 6) is -1.53. The Bertz CT molecular complexity index is 425. The van der Waals surface area contributed by atoms with Crippen LogP contribution in [0.3, 0.4) is 0 Å². The van der Waals surface area contributed by atoms with E-state index in [-0.39, 0.29) is 11.7 Å². The Morgan fingerprint density at radius 2 is 2.24 bits per heavy atom. The first-order valence-corrected chi connectivity index (χ1v) is 5.63. The zero-order valence-electron chi connectivity index (χ0n) is 9.97.